The van der Waals surface area contributed by atoms with E-state index in [-0.39, 0.29) is 25.6 Å². The molecule has 2 aromatic rings. The second-order valence-electron chi connectivity index (χ2n) is 7.01. The number of nitrogens with zero attached hydrogens (tertiary/aromatic N) is 3. The fourth-order valence-electron chi connectivity index (χ4n) is 3.09. The molecule has 3 N–H and O–H groups in total. The highest BCUT2D eigenvalue weighted by molar-refractivity contribution is 5.93. The second-order valence-corrected chi connectivity index (χ2v) is 7.01. The Balaban J connectivity index is 1.56. The zero-order valence-corrected chi connectivity index (χ0v) is 15.4. The second kappa shape index (κ2) is 8.42. The third-order valence-corrected chi connectivity index (χ3v) is 4.75. The summed E-state index contributed by atoms with van der Waals surface area (Å²) in [6.07, 6.45) is 2.44. The molecule has 0 aliphatic carbocycles. The fourth-order valence-corrected chi connectivity index (χ4v) is 3.09. The number of benzene rings is 1. The van der Waals surface area contributed by atoms with Crippen molar-refractivity contribution in [1.29, 1.82) is 0 Å². The van der Waals surface area contributed by atoms with Crippen LogP contribution in [0.15, 0.2) is 49.1 Å². The van der Waals surface area contributed by atoms with Crippen LogP contribution in [0.1, 0.15) is 27.6 Å². The van der Waals surface area contributed by atoms with Gasteiger partial charge in [0.25, 0.3) is 11.8 Å². The molecule has 28 heavy (non-hydrogen) atoms. The van der Waals surface area contributed by atoms with Crippen molar-refractivity contribution >= 4 is 11.8 Å². The molecule has 0 unspecified atom stereocenters. The number of hydroxylamine groups is 2. The lowest BCUT2D eigenvalue weighted by molar-refractivity contribution is -0.0940. The van der Waals surface area contributed by atoms with Gasteiger partial charge < -0.3 is 15.2 Å². The van der Waals surface area contributed by atoms with E-state index in [0.717, 1.165) is 0 Å². The predicted molar refractivity (Wildman–Crippen MR) is 97.5 cm³/mol. The van der Waals surface area contributed by atoms with Crippen LogP contribution >= 0.6 is 0 Å². The first kappa shape index (κ1) is 19.9. The van der Waals surface area contributed by atoms with Gasteiger partial charge in [0.1, 0.15) is 12.4 Å². The lowest BCUT2D eigenvalue weighted by Gasteiger charge is -2.31. The summed E-state index contributed by atoms with van der Waals surface area (Å²) in [5, 5.41) is 24.1. The van der Waals surface area contributed by atoms with Gasteiger partial charge in [0.2, 0.25) is 0 Å². The van der Waals surface area contributed by atoms with Crippen LogP contribution in [0.25, 0.3) is 0 Å². The molecule has 0 spiro atoms. The molecule has 1 saturated heterocycles. The average molecular weight is 386 g/mol. The molecular formula is C19H22N4O5. The summed E-state index contributed by atoms with van der Waals surface area (Å²) < 4.78 is 5.61. The molecule has 1 aromatic heterocycles. The van der Waals surface area contributed by atoms with Gasteiger partial charge in [0, 0.05) is 29.9 Å². The van der Waals surface area contributed by atoms with Crippen LogP contribution in [-0.2, 0) is 4.74 Å². The summed E-state index contributed by atoms with van der Waals surface area (Å²) in [6.45, 7) is 1.80. The molecule has 9 heteroatoms. The van der Waals surface area contributed by atoms with Crippen LogP contribution in [0.2, 0.25) is 0 Å². The van der Waals surface area contributed by atoms with Crippen molar-refractivity contribution in [2.45, 2.75) is 19.1 Å². The van der Waals surface area contributed by atoms with Gasteiger partial charge in [0.15, 0.2) is 0 Å². The molecule has 0 radical (unpaired) electrons. The fraction of sp³-hybridized carbons (Fsp3) is 0.368. The minimum absolute atomic E-state index is 0.0720. The van der Waals surface area contributed by atoms with E-state index in [9.17, 15) is 19.9 Å². The molecule has 0 saturated carbocycles. The Bertz CT molecular complexity index is 820. The summed E-state index contributed by atoms with van der Waals surface area (Å²) in [5.74, 6) is -0.942. The van der Waals surface area contributed by atoms with Crippen molar-refractivity contribution in [3.8, 4) is 0 Å². The van der Waals surface area contributed by atoms with E-state index in [1.165, 1.54) is 18.7 Å². The highest BCUT2D eigenvalue weighted by Gasteiger charge is 2.47. The number of amides is 2. The van der Waals surface area contributed by atoms with E-state index in [0.29, 0.717) is 16.2 Å². The Morgan fingerprint density at radius 1 is 1.25 bits per heavy atom. The maximum Gasteiger partial charge on any atom is 0.277 e. The first-order valence-corrected chi connectivity index (χ1v) is 8.79. The van der Waals surface area contributed by atoms with Crippen molar-refractivity contribution in [2.75, 3.05) is 19.7 Å². The number of ether oxygens (including phenoxy) is 1. The van der Waals surface area contributed by atoms with Gasteiger partial charge in [-0.1, -0.05) is 25.1 Å². The van der Waals surface area contributed by atoms with Gasteiger partial charge in [0.05, 0.1) is 24.8 Å². The predicted octanol–water partition coefficient (Wildman–Crippen LogP) is 0.504. The van der Waals surface area contributed by atoms with Gasteiger partial charge in [-0.25, -0.2) is 15.0 Å². The molecule has 2 heterocycles. The van der Waals surface area contributed by atoms with Crippen molar-refractivity contribution in [3.05, 3.63) is 60.2 Å². The van der Waals surface area contributed by atoms with E-state index in [1.807, 2.05) is 0 Å². The van der Waals surface area contributed by atoms with Gasteiger partial charge in [-0.2, -0.15) is 0 Å². The lowest BCUT2D eigenvalue weighted by atomic mass is 9.84. The molecule has 2 amide bonds. The zero-order valence-electron chi connectivity index (χ0n) is 15.4. The Labute approximate surface area is 161 Å². The average Bonchev–Trinajstić information content (AvgIpc) is 3.00. The quantitative estimate of drug-likeness (QED) is 0.488. The largest absolute Gasteiger partial charge is 0.390 e. The number of aliphatic hydroxyl groups excluding tert-OH is 1. The van der Waals surface area contributed by atoms with Gasteiger partial charge in [-0.3, -0.25) is 14.8 Å². The van der Waals surface area contributed by atoms with E-state index < -0.39 is 23.5 Å². The molecule has 148 valence electrons. The Morgan fingerprint density at radius 2 is 1.93 bits per heavy atom. The van der Waals surface area contributed by atoms with Crippen LogP contribution in [-0.4, -0.2) is 69.1 Å². The Morgan fingerprint density at radius 3 is 2.61 bits per heavy atom. The summed E-state index contributed by atoms with van der Waals surface area (Å²) >= 11 is 0. The summed E-state index contributed by atoms with van der Waals surface area (Å²) in [5.41, 5.74) is -0.242. The van der Waals surface area contributed by atoms with Crippen molar-refractivity contribution in [2.24, 2.45) is 5.41 Å². The molecule has 1 aromatic carbocycles. The SMILES string of the molecule is C[C@@]1(CN(O)C(=O)c2ccccc2)CO[C@H](CNC(=O)c2cncnc2)[C@H]1O. The number of rotatable bonds is 6. The molecule has 9 nitrogen and oxygen atoms in total. The van der Waals surface area contributed by atoms with Crippen molar-refractivity contribution < 1.29 is 24.6 Å². The maximum absolute atomic E-state index is 12.3. The number of aliphatic hydroxyl groups is 1. The summed E-state index contributed by atoms with van der Waals surface area (Å²) in [7, 11) is 0. The maximum atomic E-state index is 12.3. The minimum Gasteiger partial charge on any atom is -0.390 e. The number of carbonyl (C=O) groups is 2. The van der Waals surface area contributed by atoms with E-state index in [2.05, 4.69) is 15.3 Å². The van der Waals surface area contributed by atoms with Crippen LogP contribution in [0.4, 0.5) is 0 Å². The molecular weight excluding hydrogens is 364 g/mol. The highest BCUT2D eigenvalue weighted by Crippen LogP contribution is 2.33. The number of hydrogen-bond acceptors (Lipinski definition) is 7. The summed E-state index contributed by atoms with van der Waals surface area (Å²) in [4.78, 5) is 32.0. The Kier molecular flexibility index (Phi) is 5.98. The number of aromatic nitrogens is 2. The zero-order chi connectivity index (χ0) is 20.1. The monoisotopic (exact) mass is 386 g/mol. The third-order valence-electron chi connectivity index (χ3n) is 4.75. The van der Waals surface area contributed by atoms with Crippen molar-refractivity contribution in [3.63, 3.8) is 0 Å². The highest BCUT2D eigenvalue weighted by atomic mass is 16.5. The van der Waals surface area contributed by atoms with Crippen LogP contribution < -0.4 is 5.32 Å². The molecule has 3 rings (SSSR count). The smallest absolute Gasteiger partial charge is 0.277 e. The summed E-state index contributed by atoms with van der Waals surface area (Å²) in [6, 6.07) is 8.37. The molecule has 1 aliphatic heterocycles. The Hall–Kier alpha value is -2.88. The first-order valence-electron chi connectivity index (χ1n) is 8.79. The molecule has 0 bridgehead atoms. The minimum atomic E-state index is -0.988. The van der Waals surface area contributed by atoms with Crippen LogP contribution in [0, 0.1) is 5.41 Å². The topological polar surface area (TPSA) is 125 Å². The normalized spacial score (nSPS) is 24.0. The number of nitrogens with one attached hydrogen (secondary N) is 1. The molecule has 1 fully saturated rings. The number of hydrogen-bond donors (Lipinski definition) is 3. The van der Waals surface area contributed by atoms with Crippen molar-refractivity contribution in [1.82, 2.24) is 20.3 Å². The van der Waals surface area contributed by atoms with Gasteiger partial charge >= 0.3 is 0 Å². The van der Waals surface area contributed by atoms with E-state index in [4.69, 9.17) is 4.74 Å². The number of carbonyl (C=O) groups excluding carboxylic acids is 2. The lowest BCUT2D eigenvalue weighted by Crippen LogP contribution is -2.47. The third kappa shape index (κ3) is 4.33. The van der Waals surface area contributed by atoms with E-state index >= 15 is 0 Å². The standard InChI is InChI=1S/C19H22N4O5/c1-19(10-23(27)18(26)13-5-3-2-4-6-13)11-28-15(16(19)24)9-22-17(25)14-7-20-12-21-8-14/h2-8,12,15-16,24,27H,9-11H2,1H3,(H,22,25)/t15-,16-,19-/m1/s1. The van der Waals surface area contributed by atoms with Gasteiger partial charge in [-0.15, -0.1) is 0 Å². The molecule has 1 aliphatic rings. The van der Waals surface area contributed by atoms with Gasteiger partial charge in [-0.05, 0) is 12.1 Å². The first-order chi connectivity index (χ1) is 13.4. The van der Waals surface area contributed by atoms with Crippen LogP contribution in [0.5, 0.6) is 0 Å². The van der Waals surface area contributed by atoms with E-state index in [1.54, 1.807) is 37.3 Å². The van der Waals surface area contributed by atoms with Crippen LogP contribution in [0.3, 0.4) is 0 Å². The molecule has 3 atom stereocenters.